The quantitative estimate of drug-likeness (QED) is 0.893. The van der Waals surface area contributed by atoms with Crippen molar-refractivity contribution in [3.63, 3.8) is 0 Å². The minimum Gasteiger partial charge on any atom is -0.382 e. The molecule has 0 heterocycles. The van der Waals surface area contributed by atoms with Gasteiger partial charge < -0.3 is 11.1 Å². The van der Waals surface area contributed by atoms with E-state index in [1.165, 1.54) is 12.1 Å². The molecule has 1 aliphatic carbocycles. The number of nitrogens with two attached hydrogens (primary N) is 1. The lowest BCUT2D eigenvalue weighted by Gasteiger charge is -2.33. The molecule has 0 spiro atoms. The second-order valence-corrected chi connectivity index (χ2v) is 6.49. The zero-order chi connectivity index (χ0) is 14.3. The molecule has 0 aliphatic heterocycles. The van der Waals surface area contributed by atoms with E-state index in [-0.39, 0.29) is 12.1 Å². The van der Waals surface area contributed by atoms with E-state index >= 15 is 0 Å². The van der Waals surface area contributed by atoms with Gasteiger partial charge in [0.1, 0.15) is 0 Å². The minimum atomic E-state index is -5.28. The van der Waals surface area contributed by atoms with Crippen molar-refractivity contribution < 1.29 is 21.6 Å². The molecule has 0 radical (unpaired) electrons. The molecule has 0 unspecified atom stereocenters. The van der Waals surface area contributed by atoms with E-state index in [1.807, 2.05) is 0 Å². The molecular weight excluding hydrogens is 281 g/mol. The molecule has 19 heavy (non-hydrogen) atoms. The number of benzene rings is 1. The van der Waals surface area contributed by atoms with Gasteiger partial charge in [0.15, 0.2) is 0 Å². The van der Waals surface area contributed by atoms with Crippen molar-refractivity contribution in [2.45, 2.75) is 35.3 Å². The molecule has 0 atom stereocenters. The van der Waals surface area contributed by atoms with Gasteiger partial charge in [-0.15, -0.1) is 0 Å². The molecule has 1 aliphatic rings. The minimum absolute atomic E-state index is 0.155. The smallest absolute Gasteiger partial charge is 0.382 e. The lowest BCUT2D eigenvalue weighted by molar-refractivity contribution is -0.0436. The van der Waals surface area contributed by atoms with Crippen molar-refractivity contribution in [3.8, 4) is 0 Å². The molecular formula is C11H13F3N2O2S. The predicted molar refractivity (Wildman–Crippen MR) is 64.3 cm³/mol. The molecule has 8 heteroatoms. The van der Waals surface area contributed by atoms with E-state index < -0.39 is 20.2 Å². The Morgan fingerprint density at radius 3 is 2.11 bits per heavy atom. The monoisotopic (exact) mass is 294 g/mol. The van der Waals surface area contributed by atoms with Gasteiger partial charge in [-0.3, -0.25) is 0 Å². The van der Waals surface area contributed by atoms with Crippen LogP contribution in [0.1, 0.15) is 12.8 Å². The first kappa shape index (κ1) is 14.1. The molecule has 2 rings (SSSR count). The van der Waals surface area contributed by atoms with E-state index in [9.17, 15) is 21.6 Å². The van der Waals surface area contributed by atoms with Crippen molar-refractivity contribution in [1.82, 2.24) is 0 Å². The highest BCUT2D eigenvalue weighted by atomic mass is 32.2. The summed E-state index contributed by atoms with van der Waals surface area (Å²) in [4.78, 5) is -0.754. The van der Waals surface area contributed by atoms with Crippen LogP contribution in [0.5, 0.6) is 0 Å². The summed E-state index contributed by atoms with van der Waals surface area (Å²) in [7, 11) is -5.27. The highest BCUT2D eigenvalue weighted by molar-refractivity contribution is 7.92. The molecule has 1 aromatic carbocycles. The third kappa shape index (κ3) is 2.84. The lowest BCUT2D eigenvalue weighted by Crippen LogP contribution is -2.44. The van der Waals surface area contributed by atoms with Crippen LogP contribution < -0.4 is 11.1 Å². The van der Waals surface area contributed by atoms with Gasteiger partial charge in [0.25, 0.3) is 9.84 Å². The van der Waals surface area contributed by atoms with Crippen molar-refractivity contribution in [3.05, 3.63) is 24.3 Å². The Hall–Kier alpha value is -1.28. The third-order valence-corrected chi connectivity index (χ3v) is 4.52. The molecule has 0 aromatic heterocycles. The van der Waals surface area contributed by atoms with E-state index in [0.29, 0.717) is 5.69 Å². The molecule has 1 fully saturated rings. The van der Waals surface area contributed by atoms with Gasteiger partial charge in [0.2, 0.25) is 0 Å². The summed E-state index contributed by atoms with van der Waals surface area (Å²) in [6, 6.07) is 4.89. The van der Waals surface area contributed by atoms with Crippen molar-refractivity contribution in [1.29, 1.82) is 0 Å². The molecule has 1 aromatic rings. The lowest BCUT2D eigenvalue weighted by atomic mass is 9.87. The maximum atomic E-state index is 12.3. The molecule has 3 N–H and O–H groups in total. The van der Waals surface area contributed by atoms with Gasteiger partial charge in [-0.25, -0.2) is 8.42 Å². The summed E-state index contributed by atoms with van der Waals surface area (Å²) in [6.07, 6.45) is 1.59. The summed E-state index contributed by atoms with van der Waals surface area (Å²) in [6.45, 7) is 0. The maximum Gasteiger partial charge on any atom is 0.501 e. The standard InChI is InChI=1S/C11H13F3N2O2S/c12-11(13,14)19(17,18)10-3-1-8(2-4-10)16-9-5-7(15)6-9/h1-4,7,9,16H,5-6,15H2. The second kappa shape index (κ2) is 4.68. The van der Waals surface area contributed by atoms with Crippen LogP contribution in [-0.4, -0.2) is 26.0 Å². The summed E-state index contributed by atoms with van der Waals surface area (Å²) in [5.41, 5.74) is 0.914. The number of hydrogen-bond acceptors (Lipinski definition) is 4. The van der Waals surface area contributed by atoms with Gasteiger partial charge in [0.05, 0.1) is 4.90 Å². The largest absolute Gasteiger partial charge is 0.501 e. The average molecular weight is 294 g/mol. The third-order valence-electron chi connectivity index (χ3n) is 3.01. The van der Waals surface area contributed by atoms with E-state index in [4.69, 9.17) is 5.73 Å². The number of sulfone groups is 1. The Labute approximate surface area is 108 Å². The van der Waals surface area contributed by atoms with Crippen LogP contribution in [0.15, 0.2) is 29.2 Å². The van der Waals surface area contributed by atoms with Crippen molar-refractivity contribution in [2.75, 3.05) is 5.32 Å². The highest BCUT2D eigenvalue weighted by Crippen LogP contribution is 2.31. The fraction of sp³-hybridized carbons (Fsp3) is 0.455. The topological polar surface area (TPSA) is 72.2 Å². The molecule has 0 amide bonds. The number of halogens is 3. The summed E-state index contributed by atoms with van der Waals surface area (Å²) in [5.74, 6) is 0. The number of rotatable bonds is 3. The Morgan fingerprint density at radius 2 is 1.68 bits per heavy atom. The van der Waals surface area contributed by atoms with Crippen LogP contribution in [0.4, 0.5) is 18.9 Å². The van der Waals surface area contributed by atoms with Gasteiger partial charge in [-0.05, 0) is 37.1 Å². The number of anilines is 1. The number of alkyl halides is 3. The Morgan fingerprint density at radius 1 is 1.16 bits per heavy atom. The summed E-state index contributed by atoms with van der Waals surface area (Å²) >= 11 is 0. The number of hydrogen-bond donors (Lipinski definition) is 2. The first-order chi connectivity index (χ1) is 8.70. The average Bonchev–Trinajstić information content (AvgIpc) is 2.26. The first-order valence-electron chi connectivity index (χ1n) is 5.63. The summed E-state index contributed by atoms with van der Waals surface area (Å²) in [5, 5.41) is 3.07. The molecule has 106 valence electrons. The molecule has 1 saturated carbocycles. The molecule has 0 bridgehead atoms. The van der Waals surface area contributed by atoms with Gasteiger partial charge in [-0.1, -0.05) is 0 Å². The van der Waals surface area contributed by atoms with Crippen LogP contribution in [-0.2, 0) is 9.84 Å². The van der Waals surface area contributed by atoms with Crippen LogP contribution in [0.25, 0.3) is 0 Å². The van der Waals surface area contributed by atoms with Crippen LogP contribution in [0.2, 0.25) is 0 Å². The van der Waals surface area contributed by atoms with Crippen LogP contribution in [0.3, 0.4) is 0 Å². The Balaban J connectivity index is 2.11. The zero-order valence-corrected chi connectivity index (χ0v) is 10.6. The Bertz CT molecular complexity index is 548. The second-order valence-electron chi connectivity index (χ2n) is 4.55. The summed E-state index contributed by atoms with van der Waals surface area (Å²) < 4.78 is 59.2. The Kier molecular flexibility index (Phi) is 3.48. The van der Waals surface area contributed by atoms with Crippen LogP contribution >= 0.6 is 0 Å². The molecule has 0 saturated heterocycles. The highest BCUT2D eigenvalue weighted by Gasteiger charge is 2.46. The van der Waals surface area contributed by atoms with E-state index in [0.717, 1.165) is 25.0 Å². The van der Waals surface area contributed by atoms with Gasteiger partial charge >= 0.3 is 5.51 Å². The van der Waals surface area contributed by atoms with E-state index in [1.54, 1.807) is 0 Å². The molecule has 4 nitrogen and oxygen atoms in total. The maximum absolute atomic E-state index is 12.3. The van der Waals surface area contributed by atoms with Crippen molar-refractivity contribution >= 4 is 15.5 Å². The fourth-order valence-corrected chi connectivity index (χ4v) is 2.64. The van der Waals surface area contributed by atoms with Crippen molar-refractivity contribution in [2.24, 2.45) is 5.73 Å². The zero-order valence-electron chi connectivity index (χ0n) is 9.81. The van der Waals surface area contributed by atoms with Crippen LogP contribution in [0, 0.1) is 0 Å². The SMILES string of the molecule is NC1CC(Nc2ccc(S(=O)(=O)C(F)(F)F)cc2)C1. The van der Waals surface area contributed by atoms with Gasteiger partial charge in [-0.2, -0.15) is 13.2 Å². The number of nitrogens with one attached hydrogen (secondary N) is 1. The first-order valence-corrected chi connectivity index (χ1v) is 7.12. The normalized spacial score (nSPS) is 23.8. The van der Waals surface area contributed by atoms with E-state index in [2.05, 4.69) is 5.32 Å². The van der Waals surface area contributed by atoms with Gasteiger partial charge in [0, 0.05) is 17.8 Å². The predicted octanol–water partition coefficient (Wildman–Crippen LogP) is 1.88. The fourth-order valence-electron chi connectivity index (χ4n) is 1.88.